The van der Waals surface area contributed by atoms with Gasteiger partial charge in [-0.1, -0.05) is 39.8 Å². The van der Waals surface area contributed by atoms with Gasteiger partial charge >= 0.3 is 17.9 Å². The fraction of sp³-hybridized carbons (Fsp3) is 0.579. The van der Waals surface area contributed by atoms with Gasteiger partial charge in [0.15, 0.2) is 0 Å². The summed E-state index contributed by atoms with van der Waals surface area (Å²) in [6, 6.07) is -0.846. The molecule has 0 heterocycles. The number of ether oxygens (including phenoxy) is 2. The Kier molecular flexibility index (Phi) is 10.7. The van der Waals surface area contributed by atoms with E-state index in [1.807, 2.05) is 6.92 Å². The lowest BCUT2D eigenvalue weighted by Crippen LogP contribution is -2.50. The molecule has 0 saturated carbocycles. The number of allylic oxidation sites excluding steroid dienone is 2. The minimum absolute atomic E-state index is 0.0352. The molecule has 2 N–H and O–H groups in total. The summed E-state index contributed by atoms with van der Waals surface area (Å²) < 4.78 is 9.77. The van der Waals surface area contributed by atoms with Crippen molar-refractivity contribution in [2.45, 2.75) is 46.6 Å². The van der Waals surface area contributed by atoms with Gasteiger partial charge in [-0.3, -0.25) is 4.79 Å². The maximum absolute atomic E-state index is 12.3. The van der Waals surface area contributed by atoms with Crippen molar-refractivity contribution in [2.75, 3.05) is 13.7 Å². The van der Waals surface area contributed by atoms with Crippen LogP contribution in [0.5, 0.6) is 0 Å². The van der Waals surface area contributed by atoms with E-state index in [1.165, 1.54) is 19.3 Å². The molecule has 0 rings (SSSR count). The summed E-state index contributed by atoms with van der Waals surface area (Å²) >= 11 is 0. The van der Waals surface area contributed by atoms with Gasteiger partial charge in [0.1, 0.15) is 6.04 Å². The van der Waals surface area contributed by atoms with Crippen LogP contribution in [0, 0.1) is 11.3 Å². The minimum atomic E-state index is -1.12. The first-order valence-corrected chi connectivity index (χ1v) is 8.68. The number of carbonyl (C=O) groups is 4. The van der Waals surface area contributed by atoms with E-state index in [9.17, 15) is 19.2 Å². The van der Waals surface area contributed by atoms with Crippen molar-refractivity contribution < 1.29 is 33.8 Å². The molecule has 0 aliphatic heterocycles. The Morgan fingerprint density at radius 3 is 2.26 bits per heavy atom. The maximum Gasteiger partial charge on any atom is 0.330 e. The summed E-state index contributed by atoms with van der Waals surface area (Å²) in [6.45, 7) is 7.24. The van der Waals surface area contributed by atoms with Crippen molar-refractivity contribution in [3.05, 3.63) is 24.3 Å². The van der Waals surface area contributed by atoms with Gasteiger partial charge in [0.25, 0.3) is 0 Å². The number of nitrogens with one attached hydrogen (secondary N) is 1. The number of carbonyl (C=O) groups excluding carboxylic acids is 3. The standard InChI is InChI=1S/C19H29NO7/c1-6-19(3,4)18(25)20-16(17(24)26-5)13(2)11-12-27-15(23)10-8-7-9-14(21)22/h7-10,13,16H,6,11-12H2,1-5H3,(H,20,25)(H,21,22)/b9-7-,10-8+/t13-,16?/m1/s1. The average Bonchev–Trinajstić information content (AvgIpc) is 2.61. The molecule has 0 aliphatic carbocycles. The topological polar surface area (TPSA) is 119 Å². The summed E-state index contributed by atoms with van der Waals surface area (Å²) in [6.07, 6.45) is 5.37. The number of carboxylic acids is 1. The predicted octanol–water partition coefficient (Wildman–Crippen LogP) is 1.85. The third-order valence-corrected chi connectivity index (χ3v) is 4.21. The lowest BCUT2D eigenvalue weighted by Gasteiger charge is -2.28. The molecule has 0 aromatic rings. The molecule has 8 nitrogen and oxygen atoms in total. The highest BCUT2D eigenvalue weighted by molar-refractivity contribution is 5.87. The van der Waals surface area contributed by atoms with Crippen LogP contribution in [-0.2, 0) is 28.7 Å². The molecular formula is C19H29NO7. The van der Waals surface area contributed by atoms with E-state index in [0.717, 1.165) is 12.2 Å². The van der Waals surface area contributed by atoms with Crippen LogP contribution in [0.3, 0.4) is 0 Å². The molecule has 2 atom stereocenters. The third-order valence-electron chi connectivity index (χ3n) is 4.21. The van der Waals surface area contributed by atoms with E-state index in [1.54, 1.807) is 20.8 Å². The van der Waals surface area contributed by atoms with Crippen molar-refractivity contribution in [1.82, 2.24) is 5.32 Å². The van der Waals surface area contributed by atoms with Gasteiger partial charge in [0.2, 0.25) is 5.91 Å². The molecule has 0 aromatic heterocycles. The molecule has 0 fully saturated rings. The van der Waals surface area contributed by atoms with Crippen molar-refractivity contribution in [2.24, 2.45) is 11.3 Å². The molecule has 0 aliphatic rings. The number of hydrogen-bond acceptors (Lipinski definition) is 6. The number of carboxylic acid groups (broad SMARTS) is 1. The molecule has 0 saturated heterocycles. The normalized spacial score (nSPS) is 14.0. The van der Waals surface area contributed by atoms with Crippen LogP contribution in [-0.4, -0.2) is 48.7 Å². The highest BCUT2D eigenvalue weighted by Crippen LogP contribution is 2.21. The average molecular weight is 383 g/mol. The predicted molar refractivity (Wildman–Crippen MR) is 98.7 cm³/mol. The summed E-state index contributed by atoms with van der Waals surface area (Å²) in [5, 5.41) is 11.1. The van der Waals surface area contributed by atoms with E-state index in [0.29, 0.717) is 12.8 Å². The fourth-order valence-corrected chi connectivity index (χ4v) is 1.89. The number of hydrogen-bond donors (Lipinski definition) is 2. The van der Waals surface area contributed by atoms with Crippen molar-refractivity contribution >= 4 is 23.8 Å². The molecule has 1 unspecified atom stereocenters. The first-order valence-electron chi connectivity index (χ1n) is 8.68. The second-order valence-electron chi connectivity index (χ2n) is 6.70. The Balaban J connectivity index is 4.68. The first-order chi connectivity index (χ1) is 12.5. The zero-order valence-corrected chi connectivity index (χ0v) is 16.5. The molecule has 8 heteroatoms. The number of esters is 2. The van der Waals surface area contributed by atoms with E-state index in [2.05, 4.69) is 5.32 Å². The van der Waals surface area contributed by atoms with Crippen LogP contribution in [0.25, 0.3) is 0 Å². The maximum atomic E-state index is 12.3. The zero-order chi connectivity index (χ0) is 21.0. The number of rotatable bonds is 11. The second-order valence-corrected chi connectivity index (χ2v) is 6.70. The Morgan fingerprint density at radius 2 is 1.74 bits per heavy atom. The molecule has 27 heavy (non-hydrogen) atoms. The van der Waals surface area contributed by atoms with E-state index < -0.39 is 29.4 Å². The van der Waals surface area contributed by atoms with Crippen LogP contribution >= 0.6 is 0 Å². The van der Waals surface area contributed by atoms with E-state index >= 15 is 0 Å². The van der Waals surface area contributed by atoms with E-state index in [-0.39, 0.29) is 18.4 Å². The number of aliphatic carboxylic acids is 1. The summed E-state index contributed by atoms with van der Waals surface area (Å²) in [5.41, 5.74) is -0.618. The lowest BCUT2D eigenvalue weighted by molar-refractivity contribution is -0.148. The largest absolute Gasteiger partial charge is 0.478 e. The second kappa shape index (κ2) is 11.9. The van der Waals surface area contributed by atoms with Crippen molar-refractivity contribution in [1.29, 1.82) is 0 Å². The van der Waals surface area contributed by atoms with Crippen LogP contribution in [0.4, 0.5) is 0 Å². The van der Waals surface area contributed by atoms with Crippen LogP contribution < -0.4 is 5.32 Å². The summed E-state index contributed by atoms with van der Waals surface area (Å²) in [4.78, 5) is 46.2. The quantitative estimate of drug-likeness (QED) is 0.317. The smallest absolute Gasteiger partial charge is 0.330 e. The van der Waals surface area contributed by atoms with Gasteiger partial charge in [0, 0.05) is 17.6 Å². The Labute approximate surface area is 159 Å². The Hall–Kier alpha value is -2.64. The lowest BCUT2D eigenvalue weighted by atomic mass is 9.88. The Morgan fingerprint density at radius 1 is 1.15 bits per heavy atom. The molecule has 1 amide bonds. The first kappa shape index (κ1) is 24.4. The number of amides is 1. The fourth-order valence-electron chi connectivity index (χ4n) is 1.89. The van der Waals surface area contributed by atoms with Crippen LogP contribution in [0.15, 0.2) is 24.3 Å². The van der Waals surface area contributed by atoms with Gasteiger partial charge in [0.05, 0.1) is 13.7 Å². The van der Waals surface area contributed by atoms with Crippen molar-refractivity contribution in [3.63, 3.8) is 0 Å². The minimum Gasteiger partial charge on any atom is -0.478 e. The molecule has 0 bridgehead atoms. The Bertz CT molecular complexity index is 593. The highest BCUT2D eigenvalue weighted by Gasteiger charge is 2.33. The van der Waals surface area contributed by atoms with Crippen molar-refractivity contribution in [3.8, 4) is 0 Å². The van der Waals surface area contributed by atoms with Gasteiger partial charge in [-0.05, 0) is 18.8 Å². The van der Waals surface area contributed by atoms with Crippen LogP contribution in [0.2, 0.25) is 0 Å². The van der Waals surface area contributed by atoms with E-state index in [4.69, 9.17) is 14.6 Å². The third kappa shape index (κ3) is 9.58. The van der Waals surface area contributed by atoms with Gasteiger partial charge < -0.3 is 19.9 Å². The molecule has 152 valence electrons. The van der Waals surface area contributed by atoms with Gasteiger partial charge in [-0.2, -0.15) is 0 Å². The zero-order valence-electron chi connectivity index (χ0n) is 16.5. The molecule has 0 aromatic carbocycles. The monoisotopic (exact) mass is 383 g/mol. The summed E-state index contributed by atoms with van der Waals surface area (Å²) in [7, 11) is 1.24. The van der Waals surface area contributed by atoms with Gasteiger partial charge in [-0.15, -0.1) is 0 Å². The molecule has 0 radical (unpaired) electrons. The summed E-state index contributed by atoms with van der Waals surface area (Å²) in [5.74, 6) is -2.89. The molecule has 0 spiro atoms. The number of methoxy groups -OCH3 is 1. The SMILES string of the molecule is CCC(C)(C)C(=O)NC(C(=O)OC)[C@H](C)CCOC(=O)/C=C/C=C\C(=O)O. The molecular weight excluding hydrogens is 354 g/mol. The van der Waals surface area contributed by atoms with Gasteiger partial charge in [-0.25, -0.2) is 14.4 Å². The van der Waals surface area contributed by atoms with Crippen LogP contribution in [0.1, 0.15) is 40.5 Å². The highest BCUT2D eigenvalue weighted by atomic mass is 16.5.